The highest BCUT2D eigenvalue weighted by atomic mass is 32.2. The van der Waals surface area contributed by atoms with Gasteiger partial charge in [0.25, 0.3) is 0 Å². The Kier molecular flexibility index (Phi) is 3.18. The van der Waals surface area contributed by atoms with E-state index in [-0.39, 0.29) is 10.9 Å². The molecule has 0 aromatic heterocycles. The molecule has 0 aliphatic heterocycles. The summed E-state index contributed by atoms with van der Waals surface area (Å²) in [7, 11) is -3.76. The smallest absolute Gasteiger partial charge is 0.208 e. The van der Waals surface area contributed by atoms with Crippen LogP contribution in [0.5, 0.6) is 0 Å². The molecular weight excluding hydrogens is 248 g/mol. The first kappa shape index (κ1) is 12.4. The Bertz CT molecular complexity index is 526. The normalized spacial score (nSPS) is 18.1. The monoisotopic (exact) mass is 261 g/mol. The summed E-state index contributed by atoms with van der Waals surface area (Å²) in [6, 6.07) is 2.39. The van der Waals surface area contributed by atoms with E-state index in [4.69, 9.17) is 0 Å². The Hall–Kier alpha value is -1.01. The average Bonchev–Trinajstić information content (AvgIpc) is 3.04. The van der Waals surface area contributed by atoms with Crippen molar-refractivity contribution in [1.82, 2.24) is 4.72 Å². The summed E-state index contributed by atoms with van der Waals surface area (Å²) < 4.78 is 51.8. The van der Waals surface area contributed by atoms with Gasteiger partial charge in [-0.1, -0.05) is 0 Å². The van der Waals surface area contributed by atoms with Gasteiger partial charge >= 0.3 is 0 Å². The molecule has 0 unspecified atom stereocenters. The van der Waals surface area contributed by atoms with Gasteiger partial charge in [-0.3, -0.25) is 0 Å². The van der Waals surface area contributed by atoms with Crippen LogP contribution in [0, 0.1) is 17.6 Å². The van der Waals surface area contributed by atoms with Crippen molar-refractivity contribution in [3.8, 4) is 0 Å². The molecule has 17 heavy (non-hydrogen) atoms. The van der Waals surface area contributed by atoms with E-state index in [2.05, 4.69) is 4.72 Å². The zero-order chi connectivity index (χ0) is 12.6. The minimum Gasteiger partial charge on any atom is -0.208 e. The summed E-state index contributed by atoms with van der Waals surface area (Å²) in [6.45, 7) is 1.77. The Morgan fingerprint density at radius 2 is 1.94 bits per heavy atom. The minimum atomic E-state index is -3.76. The van der Waals surface area contributed by atoms with Crippen molar-refractivity contribution in [2.24, 2.45) is 5.92 Å². The fraction of sp³-hybridized carbons (Fsp3) is 0.455. The number of halogens is 2. The van der Waals surface area contributed by atoms with E-state index < -0.39 is 21.7 Å². The Morgan fingerprint density at radius 1 is 1.29 bits per heavy atom. The van der Waals surface area contributed by atoms with Crippen LogP contribution in [0.25, 0.3) is 0 Å². The standard InChI is InChI=1S/C11H13F2NO2S/c1-7(8-2-3-8)14-17(15,16)9-4-5-10(12)11(13)6-9/h4-8,14H,2-3H2,1H3/t7-/m1/s1. The first-order valence-electron chi connectivity index (χ1n) is 5.37. The molecule has 1 saturated carbocycles. The van der Waals surface area contributed by atoms with Crippen molar-refractivity contribution in [3.05, 3.63) is 29.8 Å². The van der Waals surface area contributed by atoms with Crippen LogP contribution in [0.4, 0.5) is 8.78 Å². The third kappa shape index (κ3) is 2.81. The predicted octanol–water partition coefficient (Wildman–Crippen LogP) is 2.04. The zero-order valence-corrected chi connectivity index (χ0v) is 10.1. The summed E-state index contributed by atoms with van der Waals surface area (Å²) in [5.74, 6) is -1.86. The number of nitrogens with one attached hydrogen (secondary N) is 1. The van der Waals surface area contributed by atoms with Crippen molar-refractivity contribution >= 4 is 10.0 Å². The van der Waals surface area contributed by atoms with Gasteiger partial charge in [0.1, 0.15) is 0 Å². The van der Waals surface area contributed by atoms with Crippen molar-refractivity contribution in [1.29, 1.82) is 0 Å². The molecule has 0 radical (unpaired) electrons. The lowest BCUT2D eigenvalue weighted by Gasteiger charge is -2.13. The first-order chi connectivity index (χ1) is 7.90. The van der Waals surface area contributed by atoms with Crippen LogP contribution in [0.1, 0.15) is 19.8 Å². The maximum Gasteiger partial charge on any atom is 0.240 e. The molecule has 1 aromatic rings. The van der Waals surface area contributed by atoms with Crippen LogP contribution < -0.4 is 4.72 Å². The molecule has 1 fully saturated rings. The van der Waals surface area contributed by atoms with Crippen molar-refractivity contribution in [3.63, 3.8) is 0 Å². The second kappa shape index (κ2) is 4.34. The van der Waals surface area contributed by atoms with Gasteiger partial charge in [0.15, 0.2) is 11.6 Å². The molecule has 1 aliphatic rings. The molecule has 3 nitrogen and oxygen atoms in total. The quantitative estimate of drug-likeness (QED) is 0.901. The molecule has 0 spiro atoms. The first-order valence-corrected chi connectivity index (χ1v) is 6.86. The molecule has 1 aliphatic carbocycles. The molecule has 2 rings (SSSR count). The summed E-state index contributed by atoms with van der Waals surface area (Å²) >= 11 is 0. The highest BCUT2D eigenvalue weighted by Gasteiger charge is 2.31. The van der Waals surface area contributed by atoms with Crippen LogP contribution >= 0.6 is 0 Å². The second-order valence-electron chi connectivity index (χ2n) is 4.32. The summed E-state index contributed by atoms with van der Waals surface area (Å²) in [5, 5.41) is 0. The molecule has 0 saturated heterocycles. The van der Waals surface area contributed by atoms with Gasteiger partial charge in [0.2, 0.25) is 10.0 Å². The molecule has 6 heteroatoms. The number of benzene rings is 1. The zero-order valence-electron chi connectivity index (χ0n) is 9.28. The minimum absolute atomic E-state index is 0.173. The fourth-order valence-electron chi connectivity index (χ4n) is 1.65. The average molecular weight is 261 g/mol. The molecule has 1 aromatic carbocycles. The fourth-order valence-corrected chi connectivity index (χ4v) is 2.97. The molecule has 0 bridgehead atoms. The maximum absolute atomic E-state index is 13.0. The number of hydrogen-bond donors (Lipinski definition) is 1. The van der Waals surface area contributed by atoms with Crippen LogP contribution in [-0.4, -0.2) is 14.5 Å². The van der Waals surface area contributed by atoms with Crippen LogP contribution in [-0.2, 0) is 10.0 Å². The van der Waals surface area contributed by atoms with E-state index in [0.29, 0.717) is 12.0 Å². The lowest BCUT2D eigenvalue weighted by Crippen LogP contribution is -2.34. The van der Waals surface area contributed by atoms with E-state index >= 15 is 0 Å². The third-order valence-corrected chi connectivity index (χ3v) is 4.43. The van der Waals surface area contributed by atoms with E-state index in [9.17, 15) is 17.2 Å². The highest BCUT2D eigenvalue weighted by molar-refractivity contribution is 7.89. The van der Waals surface area contributed by atoms with Gasteiger partial charge in [-0.05, 0) is 43.9 Å². The van der Waals surface area contributed by atoms with E-state index in [1.54, 1.807) is 6.92 Å². The van der Waals surface area contributed by atoms with Gasteiger partial charge in [-0.25, -0.2) is 21.9 Å². The molecule has 0 amide bonds. The van der Waals surface area contributed by atoms with Gasteiger partial charge in [-0.2, -0.15) is 0 Å². The van der Waals surface area contributed by atoms with Crippen LogP contribution in [0.3, 0.4) is 0 Å². The van der Waals surface area contributed by atoms with E-state index in [1.807, 2.05) is 0 Å². The van der Waals surface area contributed by atoms with Crippen LogP contribution in [0.15, 0.2) is 23.1 Å². The number of hydrogen-bond acceptors (Lipinski definition) is 2. The van der Waals surface area contributed by atoms with E-state index in [0.717, 1.165) is 25.0 Å². The molecule has 0 heterocycles. The largest absolute Gasteiger partial charge is 0.240 e. The molecule has 1 atom stereocenters. The van der Waals surface area contributed by atoms with Crippen molar-refractivity contribution < 1.29 is 17.2 Å². The predicted molar refractivity (Wildman–Crippen MR) is 58.9 cm³/mol. The van der Waals surface area contributed by atoms with Gasteiger partial charge in [-0.15, -0.1) is 0 Å². The van der Waals surface area contributed by atoms with Gasteiger partial charge in [0.05, 0.1) is 4.90 Å². The van der Waals surface area contributed by atoms with Crippen LogP contribution in [0.2, 0.25) is 0 Å². The van der Waals surface area contributed by atoms with Crippen molar-refractivity contribution in [2.75, 3.05) is 0 Å². The molecule has 1 N–H and O–H groups in total. The Morgan fingerprint density at radius 3 is 2.47 bits per heavy atom. The summed E-state index contributed by atoms with van der Waals surface area (Å²) in [4.78, 5) is -0.246. The third-order valence-electron chi connectivity index (χ3n) is 2.87. The SMILES string of the molecule is C[C@@H](NS(=O)(=O)c1ccc(F)c(F)c1)C1CC1. The second-order valence-corrected chi connectivity index (χ2v) is 6.04. The number of sulfonamides is 1. The topological polar surface area (TPSA) is 46.2 Å². The maximum atomic E-state index is 13.0. The lowest BCUT2D eigenvalue weighted by atomic mass is 10.2. The number of rotatable bonds is 4. The van der Waals surface area contributed by atoms with Gasteiger partial charge in [0, 0.05) is 6.04 Å². The molecule has 94 valence electrons. The Balaban J connectivity index is 2.21. The summed E-state index contributed by atoms with van der Waals surface area (Å²) in [5.41, 5.74) is 0. The van der Waals surface area contributed by atoms with E-state index in [1.165, 1.54) is 0 Å². The molecular formula is C11H13F2NO2S. The highest BCUT2D eigenvalue weighted by Crippen LogP contribution is 2.33. The van der Waals surface area contributed by atoms with Crippen molar-refractivity contribution in [2.45, 2.75) is 30.7 Å². The Labute approximate surface area is 98.9 Å². The van der Waals surface area contributed by atoms with Gasteiger partial charge < -0.3 is 0 Å². The lowest BCUT2D eigenvalue weighted by molar-refractivity contribution is 0.502. The summed E-state index contributed by atoms with van der Waals surface area (Å²) in [6.07, 6.45) is 2.00.